The first-order chi connectivity index (χ1) is 9.46. The first-order valence-electron chi connectivity index (χ1n) is 7.24. The number of anilines is 1. The van der Waals surface area contributed by atoms with Crippen molar-refractivity contribution in [1.29, 1.82) is 0 Å². The van der Waals surface area contributed by atoms with Gasteiger partial charge < -0.3 is 15.0 Å². The van der Waals surface area contributed by atoms with E-state index in [0.29, 0.717) is 5.92 Å². The Kier molecular flexibility index (Phi) is 4.94. The van der Waals surface area contributed by atoms with Gasteiger partial charge in [0.15, 0.2) is 0 Å². The fourth-order valence-corrected chi connectivity index (χ4v) is 2.70. The molecule has 1 aromatic heterocycles. The zero-order valence-electron chi connectivity index (χ0n) is 13.0. The molecule has 1 saturated heterocycles. The van der Waals surface area contributed by atoms with Crippen molar-refractivity contribution < 1.29 is 4.74 Å². The first kappa shape index (κ1) is 15.2. The number of hydrogen-bond donors (Lipinski definition) is 1. The molecule has 1 atom stereocenters. The van der Waals surface area contributed by atoms with Gasteiger partial charge in [0.25, 0.3) is 0 Å². The lowest BCUT2D eigenvalue weighted by Crippen LogP contribution is -2.34. The Hall–Kier alpha value is -1.20. The highest BCUT2D eigenvalue weighted by atomic mass is 16.5. The van der Waals surface area contributed by atoms with E-state index in [1.165, 1.54) is 0 Å². The van der Waals surface area contributed by atoms with Crippen molar-refractivity contribution >= 4 is 5.82 Å². The molecule has 2 rings (SSSR count). The van der Waals surface area contributed by atoms with Gasteiger partial charge in [-0.2, -0.15) is 0 Å². The summed E-state index contributed by atoms with van der Waals surface area (Å²) in [7, 11) is 4.20. The predicted molar refractivity (Wildman–Crippen MR) is 81.0 cm³/mol. The number of ether oxygens (including phenoxy) is 1. The minimum Gasteiger partial charge on any atom is -0.381 e. The van der Waals surface area contributed by atoms with Crippen molar-refractivity contribution in [2.24, 2.45) is 5.41 Å². The highest BCUT2D eigenvalue weighted by Crippen LogP contribution is 2.24. The van der Waals surface area contributed by atoms with Crippen LogP contribution in [0, 0.1) is 5.41 Å². The van der Waals surface area contributed by atoms with E-state index >= 15 is 0 Å². The maximum absolute atomic E-state index is 5.42. The van der Waals surface area contributed by atoms with Crippen LogP contribution in [0.25, 0.3) is 0 Å². The van der Waals surface area contributed by atoms with E-state index in [-0.39, 0.29) is 5.41 Å². The Labute approximate surface area is 121 Å². The number of rotatable bonds is 6. The third-order valence-corrected chi connectivity index (χ3v) is 3.53. The maximum atomic E-state index is 5.42. The highest BCUT2D eigenvalue weighted by Gasteiger charge is 2.21. The second kappa shape index (κ2) is 6.50. The Morgan fingerprint density at radius 2 is 2.20 bits per heavy atom. The molecule has 1 unspecified atom stereocenters. The monoisotopic (exact) mass is 278 g/mol. The van der Waals surface area contributed by atoms with Crippen LogP contribution in [0.4, 0.5) is 5.82 Å². The molecule has 0 spiro atoms. The van der Waals surface area contributed by atoms with Gasteiger partial charge in [0.05, 0.1) is 12.3 Å². The summed E-state index contributed by atoms with van der Waals surface area (Å²) in [4.78, 5) is 10.9. The van der Waals surface area contributed by atoms with Gasteiger partial charge >= 0.3 is 0 Å². The number of hydrogen-bond acceptors (Lipinski definition) is 5. The van der Waals surface area contributed by atoms with Crippen molar-refractivity contribution in [3.05, 3.63) is 18.1 Å². The van der Waals surface area contributed by atoms with Crippen LogP contribution in [0.15, 0.2) is 12.4 Å². The Bertz CT molecular complexity index is 428. The lowest BCUT2D eigenvalue weighted by atomic mass is 9.93. The molecule has 5 heteroatoms. The van der Waals surface area contributed by atoms with E-state index < -0.39 is 0 Å². The van der Waals surface area contributed by atoms with E-state index in [9.17, 15) is 0 Å². The van der Waals surface area contributed by atoms with Gasteiger partial charge in [-0.3, -0.25) is 0 Å². The average molecular weight is 278 g/mol. The van der Waals surface area contributed by atoms with E-state index in [0.717, 1.165) is 44.2 Å². The maximum Gasteiger partial charge on any atom is 0.129 e. The van der Waals surface area contributed by atoms with Crippen molar-refractivity contribution in [2.45, 2.75) is 26.2 Å². The topological polar surface area (TPSA) is 50.3 Å². The number of nitrogens with zero attached hydrogens (tertiary/aromatic N) is 3. The van der Waals surface area contributed by atoms with Gasteiger partial charge in [-0.15, -0.1) is 0 Å². The molecule has 20 heavy (non-hydrogen) atoms. The third-order valence-electron chi connectivity index (χ3n) is 3.53. The molecule has 1 aliphatic heterocycles. The quantitative estimate of drug-likeness (QED) is 0.862. The normalized spacial score (nSPS) is 19.6. The summed E-state index contributed by atoms with van der Waals surface area (Å²) in [5.41, 5.74) is 1.29. The van der Waals surface area contributed by atoms with Crippen LogP contribution in [-0.4, -0.2) is 55.3 Å². The third kappa shape index (κ3) is 4.42. The van der Waals surface area contributed by atoms with Gasteiger partial charge in [0, 0.05) is 31.7 Å². The molecule has 112 valence electrons. The molecule has 1 aliphatic rings. The summed E-state index contributed by atoms with van der Waals surface area (Å²) in [6.45, 7) is 8.06. The number of nitrogens with one attached hydrogen (secondary N) is 1. The molecule has 0 saturated carbocycles. The van der Waals surface area contributed by atoms with Crippen LogP contribution < -0.4 is 5.32 Å². The minimum absolute atomic E-state index is 0.199. The standard InChI is InChI=1S/C15H26N4O/c1-15(2,10-19(3)4)9-16-14-7-13(17-11-18-14)12-5-6-20-8-12/h7,11-12H,5-6,8-10H2,1-4H3,(H,16,17,18). The first-order valence-corrected chi connectivity index (χ1v) is 7.24. The molecule has 0 radical (unpaired) electrons. The van der Waals surface area contributed by atoms with Gasteiger partial charge in [-0.05, 0) is 25.9 Å². The molecule has 1 aromatic rings. The summed E-state index contributed by atoms with van der Waals surface area (Å²) >= 11 is 0. The fourth-order valence-electron chi connectivity index (χ4n) is 2.70. The molecule has 1 fully saturated rings. The van der Waals surface area contributed by atoms with E-state index in [2.05, 4.69) is 54.2 Å². The number of aromatic nitrogens is 2. The summed E-state index contributed by atoms with van der Waals surface area (Å²) < 4.78 is 5.42. The van der Waals surface area contributed by atoms with Crippen molar-refractivity contribution in [3.63, 3.8) is 0 Å². The van der Waals surface area contributed by atoms with Crippen molar-refractivity contribution in [1.82, 2.24) is 14.9 Å². The van der Waals surface area contributed by atoms with Crippen LogP contribution >= 0.6 is 0 Å². The summed E-state index contributed by atoms with van der Waals surface area (Å²) in [5, 5.41) is 3.44. The molecule has 0 aliphatic carbocycles. The second-order valence-electron chi connectivity index (χ2n) is 6.64. The van der Waals surface area contributed by atoms with Crippen LogP contribution in [0.2, 0.25) is 0 Å². The zero-order valence-corrected chi connectivity index (χ0v) is 13.0. The Balaban J connectivity index is 1.94. The molecule has 0 bridgehead atoms. The van der Waals surface area contributed by atoms with Crippen LogP contribution in [-0.2, 0) is 4.74 Å². The zero-order chi connectivity index (χ0) is 14.6. The summed E-state index contributed by atoms with van der Waals surface area (Å²) in [6.07, 6.45) is 2.71. The van der Waals surface area contributed by atoms with Gasteiger partial charge in [0.2, 0.25) is 0 Å². The Morgan fingerprint density at radius 3 is 2.85 bits per heavy atom. The van der Waals surface area contributed by atoms with Crippen LogP contribution in [0.1, 0.15) is 31.9 Å². The van der Waals surface area contributed by atoms with Crippen molar-refractivity contribution in [3.8, 4) is 0 Å². The van der Waals surface area contributed by atoms with E-state index in [1.807, 2.05) is 0 Å². The second-order valence-corrected chi connectivity index (χ2v) is 6.64. The highest BCUT2D eigenvalue weighted by molar-refractivity contribution is 5.36. The smallest absolute Gasteiger partial charge is 0.129 e. The minimum atomic E-state index is 0.199. The van der Waals surface area contributed by atoms with Crippen LogP contribution in [0.5, 0.6) is 0 Å². The molecule has 0 amide bonds. The van der Waals surface area contributed by atoms with E-state index in [4.69, 9.17) is 4.74 Å². The van der Waals surface area contributed by atoms with Crippen LogP contribution in [0.3, 0.4) is 0 Å². The lowest BCUT2D eigenvalue weighted by Gasteiger charge is -2.28. The van der Waals surface area contributed by atoms with Gasteiger partial charge in [-0.1, -0.05) is 13.8 Å². The molecular formula is C15H26N4O. The summed E-state index contributed by atoms with van der Waals surface area (Å²) in [6, 6.07) is 2.06. The molecule has 0 aromatic carbocycles. The molecular weight excluding hydrogens is 252 g/mol. The molecule has 5 nitrogen and oxygen atoms in total. The van der Waals surface area contributed by atoms with E-state index in [1.54, 1.807) is 6.33 Å². The van der Waals surface area contributed by atoms with Gasteiger partial charge in [0.1, 0.15) is 12.1 Å². The van der Waals surface area contributed by atoms with Crippen molar-refractivity contribution in [2.75, 3.05) is 45.7 Å². The predicted octanol–water partition coefficient (Wildman–Crippen LogP) is 1.98. The lowest BCUT2D eigenvalue weighted by molar-refractivity contribution is 0.193. The summed E-state index contributed by atoms with van der Waals surface area (Å²) in [5.74, 6) is 1.34. The Morgan fingerprint density at radius 1 is 1.40 bits per heavy atom. The molecule has 2 heterocycles. The largest absolute Gasteiger partial charge is 0.381 e. The SMILES string of the molecule is CN(C)CC(C)(C)CNc1cc(C2CCOC2)ncn1. The van der Waals surface area contributed by atoms with Gasteiger partial charge in [-0.25, -0.2) is 9.97 Å². The molecule has 1 N–H and O–H groups in total. The fraction of sp³-hybridized carbons (Fsp3) is 0.733. The average Bonchev–Trinajstić information content (AvgIpc) is 2.89.